The summed E-state index contributed by atoms with van der Waals surface area (Å²) in [5.41, 5.74) is 6.61. The van der Waals surface area contributed by atoms with E-state index in [9.17, 15) is 18.5 Å². The van der Waals surface area contributed by atoms with Gasteiger partial charge >= 0.3 is 34.6 Å². The number of benzene rings is 1. The zero-order valence-electron chi connectivity index (χ0n) is 31.6. The average molecular weight is 801 g/mol. The molecule has 16 nitrogen and oxygen atoms in total. The van der Waals surface area contributed by atoms with Gasteiger partial charge in [-0.05, 0) is 48.4 Å². The van der Waals surface area contributed by atoms with E-state index in [0.29, 0.717) is 43.8 Å². The van der Waals surface area contributed by atoms with Crippen molar-refractivity contribution in [3.05, 3.63) is 65.7 Å². The summed E-state index contributed by atoms with van der Waals surface area (Å²) in [4.78, 5) is 31.6. The SMILES string of the molecule is CCCP1(=O)OP(=O)(CCC)OP(=O)(CCC)O1.Cn1cc(-c2nc3nccc(-c4ccc5c(c4)CCN(C(=O)c4nc(C(C)(C)C)no4)C5)c3[nH]2)cn1. The van der Waals surface area contributed by atoms with E-state index < -0.39 is 22.8 Å². The zero-order chi connectivity index (χ0) is 38.9. The smallest absolute Gasteiger partial charge is 0.336 e. The van der Waals surface area contributed by atoms with Gasteiger partial charge in [-0.1, -0.05) is 64.9 Å². The zero-order valence-corrected chi connectivity index (χ0v) is 34.3. The maximum atomic E-state index is 13.0. The molecule has 4 aromatic heterocycles. The van der Waals surface area contributed by atoms with Crippen LogP contribution in [0.5, 0.6) is 0 Å². The number of nitrogens with one attached hydrogen (secondary N) is 1. The molecule has 1 aromatic carbocycles. The summed E-state index contributed by atoms with van der Waals surface area (Å²) < 4.78 is 59.3. The third kappa shape index (κ3) is 8.85. The first-order valence-corrected chi connectivity index (χ1v) is 23.3. The lowest BCUT2D eigenvalue weighted by molar-refractivity contribution is 0.0684. The van der Waals surface area contributed by atoms with E-state index in [2.05, 4.69) is 48.4 Å². The van der Waals surface area contributed by atoms with Crippen LogP contribution in [0.2, 0.25) is 0 Å². The lowest BCUT2D eigenvalue weighted by Crippen LogP contribution is -2.36. The van der Waals surface area contributed by atoms with Crippen molar-refractivity contribution in [2.75, 3.05) is 25.0 Å². The van der Waals surface area contributed by atoms with Gasteiger partial charge < -0.3 is 14.4 Å². The molecule has 0 atom stereocenters. The Morgan fingerprint density at radius 2 is 1.54 bits per heavy atom. The molecule has 0 saturated carbocycles. The van der Waals surface area contributed by atoms with Crippen LogP contribution in [-0.2, 0) is 52.1 Å². The number of aromatic amines is 1. The predicted octanol–water partition coefficient (Wildman–Crippen LogP) is 8.76. The van der Waals surface area contributed by atoms with E-state index in [1.165, 1.54) is 5.56 Å². The first kappa shape index (κ1) is 39.9. The molecule has 1 N–H and O–H groups in total. The van der Waals surface area contributed by atoms with Gasteiger partial charge in [0.2, 0.25) is 0 Å². The van der Waals surface area contributed by atoms with Gasteiger partial charge in [0, 0.05) is 43.5 Å². The standard InChI is InChI=1S/C26H26N8O2.C9H21O6P3/c1-26(2,3)25-31-23(36-32-25)24(35)34-10-8-15-11-16(5-6-17(15)14-34)19-7-9-27-22-20(19)29-21(30-22)18-12-28-33(4)13-18;1-4-7-16(10)13-17(11,8-5-2)15-18(12,14-16)9-6-3/h5-7,9,11-13H,8,10,14H2,1-4H3,(H,27,29,30);4-9H2,1-3H3. The Bertz CT molecular complexity index is 2210. The maximum Gasteiger partial charge on any atom is 0.345 e. The summed E-state index contributed by atoms with van der Waals surface area (Å²) in [6, 6.07) is 8.36. The van der Waals surface area contributed by atoms with Gasteiger partial charge in [0.25, 0.3) is 0 Å². The van der Waals surface area contributed by atoms with Crippen LogP contribution in [0.1, 0.15) is 88.4 Å². The van der Waals surface area contributed by atoms with Crippen molar-refractivity contribution in [3.63, 3.8) is 0 Å². The summed E-state index contributed by atoms with van der Waals surface area (Å²) in [5, 5.41) is 8.23. The summed E-state index contributed by atoms with van der Waals surface area (Å²) in [5.74, 6) is 1.08. The van der Waals surface area contributed by atoms with Crippen LogP contribution in [0, 0.1) is 0 Å². The second-order valence-electron chi connectivity index (χ2n) is 14.4. The minimum Gasteiger partial charge on any atom is -0.336 e. The molecule has 0 radical (unpaired) electrons. The number of hydrogen-bond acceptors (Lipinski definition) is 13. The number of nitrogens with zero attached hydrogens (tertiary/aromatic N) is 7. The minimum atomic E-state index is -3.57. The van der Waals surface area contributed by atoms with Crippen LogP contribution < -0.4 is 0 Å². The second-order valence-corrected chi connectivity index (χ2v) is 21.4. The van der Waals surface area contributed by atoms with Gasteiger partial charge in [-0.25, -0.2) is 22.9 Å². The Morgan fingerprint density at radius 3 is 2.09 bits per heavy atom. The van der Waals surface area contributed by atoms with E-state index in [-0.39, 0.29) is 35.7 Å². The van der Waals surface area contributed by atoms with E-state index in [1.54, 1.807) is 42.7 Å². The summed E-state index contributed by atoms with van der Waals surface area (Å²) >= 11 is 0. The van der Waals surface area contributed by atoms with Gasteiger partial charge in [0.05, 0.1) is 35.8 Å². The van der Waals surface area contributed by atoms with E-state index in [4.69, 9.17) is 17.5 Å². The highest BCUT2D eigenvalue weighted by atomic mass is 31.3. The van der Waals surface area contributed by atoms with Crippen LogP contribution in [0.25, 0.3) is 33.7 Å². The van der Waals surface area contributed by atoms with Crippen LogP contribution in [0.15, 0.2) is 47.4 Å². The third-order valence-corrected chi connectivity index (χ3v) is 17.7. The van der Waals surface area contributed by atoms with Gasteiger partial charge in [-0.2, -0.15) is 10.1 Å². The molecule has 2 aliphatic heterocycles. The highest BCUT2D eigenvalue weighted by molar-refractivity contribution is 7.80. The number of rotatable bonds is 9. The lowest BCUT2D eigenvalue weighted by Gasteiger charge is -2.33. The van der Waals surface area contributed by atoms with Gasteiger partial charge in [0.1, 0.15) is 5.82 Å². The quantitative estimate of drug-likeness (QED) is 0.139. The summed E-state index contributed by atoms with van der Waals surface area (Å²) in [6.07, 6.45) is 8.16. The number of aryl methyl sites for hydroxylation is 1. The van der Waals surface area contributed by atoms with E-state index in [0.717, 1.165) is 40.0 Å². The van der Waals surface area contributed by atoms with Gasteiger partial charge in [-0.3, -0.25) is 23.2 Å². The molecule has 0 bridgehead atoms. The first-order chi connectivity index (χ1) is 25.6. The number of imidazole rings is 1. The van der Waals surface area contributed by atoms with Crippen LogP contribution in [-0.4, -0.2) is 70.7 Å². The fourth-order valence-corrected chi connectivity index (χ4v) is 15.5. The molecule has 2 aliphatic rings. The molecule has 1 saturated heterocycles. The fraction of sp³-hybridized carbons (Fsp3) is 0.486. The second kappa shape index (κ2) is 15.8. The monoisotopic (exact) mass is 800 g/mol. The average Bonchev–Trinajstić information content (AvgIpc) is 3.87. The molecule has 54 heavy (non-hydrogen) atoms. The van der Waals surface area contributed by atoms with E-state index in [1.807, 2.05) is 40.1 Å². The summed E-state index contributed by atoms with van der Waals surface area (Å²) in [6.45, 7) is 12.5. The fourth-order valence-electron chi connectivity index (χ4n) is 6.16. The summed E-state index contributed by atoms with van der Waals surface area (Å²) in [7, 11) is -8.82. The molecule has 5 aromatic rings. The predicted molar refractivity (Wildman–Crippen MR) is 205 cm³/mol. The van der Waals surface area contributed by atoms with Crippen molar-refractivity contribution in [2.24, 2.45) is 7.05 Å². The largest absolute Gasteiger partial charge is 0.345 e. The Labute approximate surface area is 314 Å². The molecule has 0 spiro atoms. The molecule has 6 heterocycles. The topological polar surface area (TPSA) is 198 Å². The normalized spacial score (nSPS) is 22.8. The Hall–Kier alpha value is -3.77. The Balaban J connectivity index is 0.000000234. The number of hydrogen-bond donors (Lipinski definition) is 1. The number of H-pyrrole nitrogens is 1. The van der Waals surface area contributed by atoms with Crippen LogP contribution in [0.3, 0.4) is 0 Å². The van der Waals surface area contributed by atoms with Crippen LogP contribution >= 0.6 is 22.8 Å². The highest BCUT2D eigenvalue weighted by Crippen LogP contribution is 2.82. The van der Waals surface area contributed by atoms with Crippen molar-refractivity contribution >= 4 is 39.9 Å². The molecular formula is C35H47N8O8P3. The van der Waals surface area contributed by atoms with Crippen molar-refractivity contribution in [2.45, 2.75) is 79.2 Å². The highest BCUT2D eigenvalue weighted by Gasteiger charge is 2.51. The molecule has 1 amide bonds. The molecule has 0 aliphatic carbocycles. The molecule has 0 unspecified atom stereocenters. The third-order valence-electron chi connectivity index (χ3n) is 8.71. The van der Waals surface area contributed by atoms with Crippen molar-refractivity contribution in [3.8, 4) is 22.5 Å². The molecule has 7 rings (SSSR count). The van der Waals surface area contributed by atoms with Crippen molar-refractivity contribution < 1.29 is 35.9 Å². The Morgan fingerprint density at radius 1 is 0.889 bits per heavy atom. The van der Waals surface area contributed by atoms with Gasteiger partial charge in [-0.15, -0.1) is 0 Å². The molecular weight excluding hydrogens is 753 g/mol. The molecule has 19 heteroatoms. The first-order valence-electron chi connectivity index (χ1n) is 18.1. The number of aromatic nitrogens is 7. The lowest BCUT2D eigenvalue weighted by atomic mass is 9.94. The van der Waals surface area contributed by atoms with Crippen molar-refractivity contribution in [1.29, 1.82) is 0 Å². The molecule has 290 valence electrons. The molecule has 1 fully saturated rings. The number of fused-ring (bicyclic) bond motifs is 2. The number of carbonyl (C=O) groups excluding carboxylic acids is 1. The van der Waals surface area contributed by atoms with E-state index >= 15 is 0 Å². The number of carbonyl (C=O) groups is 1. The van der Waals surface area contributed by atoms with Gasteiger partial charge in [0.15, 0.2) is 11.5 Å². The number of pyridine rings is 1. The maximum absolute atomic E-state index is 13.0. The Kier molecular flexibility index (Phi) is 11.7. The van der Waals surface area contributed by atoms with Crippen molar-refractivity contribution in [1.82, 2.24) is 39.8 Å². The number of amides is 1. The van der Waals surface area contributed by atoms with Crippen LogP contribution in [0.4, 0.5) is 0 Å². The minimum absolute atomic E-state index is 0.0443.